The molecule has 1 aliphatic rings. The molecule has 0 unspecified atom stereocenters. The smallest absolute Gasteiger partial charge is 0.243 e. The van der Waals surface area contributed by atoms with Crippen LogP contribution in [0.4, 0.5) is 0 Å². The first-order valence-corrected chi connectivity index (χ1v) is 6.65. The Morgan fingerprint density at radius 1 is 1.35 bits per heavy atom. The molecule has 2 atom stereocenters. The van der Waals surface area contributed by atoms with Crippen molar-refractivity contribution in [3.05, 3.63) is 11.7 Å². The third kappa shape index (κ3) is 2.86. The average Bonchev–Trinajstić information content (AvgIpc) is 2.77. The van der Waals surface area contributed by atoms with E-state index in [4.69, 9.17) is 4.52 Å². The highest BCUT2D eigenvalue weighted by atomic mass is 16.5. The minimum atomic E-state index is 0.248. The van der Waals surface area contributed by atoms with E-state index in [-0.39, 0.29) is 6.04 Å². The summed E-state index contributed by atoms with van der Waals surface area (Å²) in [6.07, 6.45) is 2.61. The summed E-state index contributed by atoms with van der Waals surface area (Å²) in [7, 11) is 0. The van der Waals surface area contributed by atoms with Crippen LogP contribution in [0.15, 0.2) is 4.52 Å². The van der Waals surface area contributed by atoms with Gasteiger partial charge in [-0.1, -0.05) is 25.9 Å². The van der Waals surface area contributed by atoms with Crippen LogP contribution in [0.2, 0.25) is 0 Å². The Labute approximate surface area is 103 Å². The molecule has 0 bridgehead atoms. The van der Waals surface area contributed by atoms with Crippen molar-refractivity contribution in [3.63, 3.8) is 0 Å². The highest BCUT2D eigenvalue weighted by molar-refractivity contribution is 4.96. The van der Waals surface area contributed by atoms with Gasteiger partial charge in [-0.05, 0) is 32.2 Å². The standard InChI is InChI=1S/C13H23N3O/c1-9(2)12-14-13(17-15-12)11(4)16-7-5-6-10(3)8-16/h9-11H,5-8H2,1-4H3/t10-,11+/m1/s1. The summed E-state index contributed by atoms with van der Waals surface area (Å²) in [5, 5.41) is 4.04. The monoisotopic (exact) mass is 237 g/mol. The number of piperidine rings is 1. The predicted molar refractivity (Wildman–Crippen MR) is 66.8 cm³/mol. The molecule has 0 saturated carbocycles. The second kappa shape index (κ2) is 5.17. The van der Waals surface area contributed by atoms with E-state index in [1.807, 2.05) is 0 Å². The van der Waals surface area contributed by atoms with Crippen molar-refractivity contribution in [3.8, 4) is 0 Å². The first-order valence-electron chi connectivity index (χ1n) is 6.65. The summed E-state index contributed by atoms with van der Waals surface area (Å²) in [6, 6.07) is 0.248. The topological polar surface area (TPSA) is 42.2 Å². The van der Waals surface area contributed by atoms with E-state index in [0.717, 1.165) is 30.7 Å². The lowest BCUT2D eigenvalue weighted by Crippen LogP contribution is -2.36. The van der Waals surface area contributed by atoms with E-state index in [9.17, 15) is 0 Å². The number of hydrogen-bond donors (Lipinski definition) is 0. The van der Waals surface area contributed by atoms with Gasteiger partial charge in [-0.2, -0.15) is 4.98 Å². The predicted octanol–water partition coefficient (Wildman–Crippen LogP) is 2.99. The molecule has 2 heterocycles. The van der Waals surface area contributed by atoms with Gasteiger partial charge < -0.3 is 4.52 Å². The number of likely N-dealkylation sites (tertiary alicyclic amines) is 1. The number of aromatic nitrogens is 2. The van der Waals surface area contributed by atoms with Crippen molar-refractivity contribution in [2.45, 2.75) is 52.5 Å². The van der Waals surface area contributed by atoms with Gasteiger partial charge in [0.05, 0.1) is 6.04 Å². The van der Waals surface area contributed by atoms with Crippen LogP contribution in [0.1, 0.15) is 64.2 Å². The lowest BCUT2D eigenvalue weighted by atomic mass is 9.99. The van der Waals surface area contributed by atoms with E-state index in [1.165, 1.54) is 12.8 Å². The van der Waals surface area contributed by atoms with E-state index in [2.05, 4.69) is 42.7 Å². The van der Waals surface area contributed by atoms with Gasteiger partial charge in [0.1, 0.15) is 0 Å². The maximum atomic E-state index is 5.37. The molecule has 4 heteroatoms. The van der Waals surface area contributed by atoms with Gasteiger partial charge >= 0.3 is 0 Å². The third-order valence-corrected chi connectivity index (χ3v) is 3.57. The number of hydrogen-bond acceptors (Lipinski definition) is 4. The Bertz CT molecular complexity index is 361. The zero-order chi connectivity index (χ0) is 12.4. The first-order chi connectivity index (χ1) is 8.08. The maximum absolute atomic E-state index is 5.37. The van der Waals surface area contributed by atoms with Crippen LogP contribution in [0.5, 0.6) is 0 Å². The van der Waals surface area contributed by atoms with Crippen LogP contribution in [0.3, 0.4) is 0 Å². The second-order valence-corrected chi connectivity index (χ2v) is 5.56. The molecular weight excluding hydrogens is 214 g/mol. The van der Waals surface area contributed by atoms with Gasteiger partial charge in [0, 0.05) is 12.5 Å². The fraction of sp³-hybridized carbons (Fsp3) is 0.846. The Balaban J connectivity index is 2.04. The van der Waals surface area contributed by atoms with E-state index in [0.29, 0.717) is 5.92 Å². The van der Waals surface area contributed by atoms with Crippen LogP contribution in [0, 0.1) is 5.92 Å². The van der Waals surface area contributed by atoms with Crippen molar-refractivity contribution in [2.24, 2.45) is 5.92 Å². The Kier molecular flexibility index (Phi) is 3.82. The Morgan fingerprint density at radius 2 is 2.12 bits per heavy atom. The molecular formula is C13H23N3O. The summed E-state index contributed by atoms with van der Waals surface area (Å²) < 4.78 is 5.37. The fourth-order valence-electron chi connectivity index (χ4n) is 2.39. The lowest BCUT2D eigenvalue weighted by Gasteiger charge is -2.33. The summed E-state index contributed by atoms with van der Waals surface area (Å²) in [6.45, 7) is 10.9. The zero-order valence-corrected chi connectivity index (χ0v) is 11.3. The summed E-state index contributed by atoms with van der Waals surface area (Å²) in [5.74, 6) is 2.69. The van der Waals surface area contributed by atoms with Gasteiger partial charge in [0.15, 0.2) is 5.82 Å². The molecule has 1 fully saturated rings. The zero-order valence-electron chi connectivity index (χ0n) is 11.3. The van der Waals surface area contributed by atoms with Crippen molar-refractivity contribution in [1.29, 1.82) is 0 Å². The van der Waals surface area contributed by atoms with E-state index >= 15 is 0 Å². The quantitative estimate of drug-likeness (QED) is 0.810. The number of nitrogens with zero attached hydrogens (tertiary/aromatic N) is 3. The molecule has 0 radical (unpaired) electrons. The molecule has 4 nitrogen and oxygen atoms in total. The van der Waals surface area contributed by atoms with Crippen LogP contribution in [0.25, 0.3) is 0 Å². The second-order valence-electron chi connectivity index (χ2n) is 5.56. The first kappa shape index (κ1) is 12.6. The van der Waals surface area contributed by atoms with E-state index < -0.39 is 0 Å². The molecule has 17 heavy (non-hydrogen) atoms. The molecule has 96 valence electrons. The molecule has 2 rings (SSSR count). The molecule has 0 spiro atoms. The molecule has 1 aromatic rings. The fourth-order valence-corrected chi connectivity index (χ4v) is 2.39. The summed E-state index contributed by atoms with van der Waals surface area (Å²) in [4.78, 5) is 6.94. The highest BCUT2D eigenvalue weighted by Crippen LogP contribution is 2.26. The van der Waals surface area contributed by atoms with Crippen LogP contribution in [-0.2, 0) is 0 Å². The normalized spacial score (nSPS) is 24.2. The van der Waals surface area contributed by atoms with Crippen molar-refractivity contribution < 1.29 is 4.52 Å². The van der Waals surface area contributed by atoms with Crippen LogP contribution in [-0.4, -0.2) is 28.1 Å². The van der Waals surface area contributed by atoms with Crippen LogP contribution >= 0.6 is 0 Å². The SMILES string of the molecule is CC(C)c1noc([C@H](C)N2CCC[C@@H](C)C2)n1. The van der Waals surface area contributed by atoms with E-state index in [1.54, 1.807) is 0 Å². The largest absolute Gasteiger partial charge is 0.338 e. The van der Waals surface area contributed by atoms with Gasteiger partial charge in [-0.3, -0.25) is 4.90 Å². The molecule has 0 aromatic carbocycles. The highest BCUT2D eigenvalue weighted by Gasteiger charge is 2.25. The molecule has 0 amide bonds. The summed E-state index contributed by atoms with van der Waals surface area (Å²) >= 11 is 0. The van der Waals surface area contributed by atoms with Crippen LogP contribution < -0.4 is 0 Å². The van der Waals surface area contributed by atoms with Crippen molar-refractivity contribution in [1.82, 2.24) is 15.0 Å². The molecule has 0 aliphatic carbocycles. The van der Waals surface area contributed by atoms with Gasteiger partial charge in [-0.15, -0.1) is 0 Å². The molecule has 0 N–H and O–H groups in total. The van der Waals surface area contributed by atoms with Gasteiger partial charge in [0.2, 0.25) is 5.89 Å². The van der Waals surface area contributed by atoms with Gasteiger partial charge in [0.25, 0.3) is 0 Å². The Hall–Kier alpha value is -0.900. The van der Waals surface area contributed by atoms with Crippen molar-refractivity contribution >= 4 is 0 Å². The Morgan fingerprint density at radius 3 is 2.71 bits per heavy atom. The minimum Gasteiger partial charge on any atom is -0.338 e. The molecule has 1 saturated heterocycles. The third-order valence-electron chi connectivity index (χ3n) is 3.57. The average molecular weight is 237 g/mol. The summed E-state index contributed by atoms with van der Waals surface area (Å²) in [5.41, 5.74) is 0. The maximum Gasteiger partial charge on any atom is 0.243 e. The van der Waals surface area contributed by atoms with Gasteiger partial charge in [-0.25, -0.2) is 0 Å². The minimum absolute atomic E-state index is 0.248. The lowest BCUT2D eigenvalue weighted by molar-refractivity contribution is 0.117. The molecule has 1 aliphatic heterocycles. The molecule has 1 aromatic heterocycles. The number of rotatable bonds is 3. The van der Waals surface area contributed by atoms with Crippen molar-refractivity contribution in [2.75, 3.05) is 13.1 Å².